The third kappa shape index (κ3) is 3.64. The van der Waals surface area contributed by atoms with Gasteiger partial charge in [-0.1, -0.05) is 10.4 Å². The van der Waals surface area contributed by atoms with Gasteiger partial charge < -0.3 is 15.5 Å². The predicted octanol–water partition coefficient (Wildman–Crippen LogP) is -1.69. The van der Waals surface area contributed by atoms with Crippen LogP contribution < -0.4 is 5.32 Å². The summed E-state index contributed by atoms with van der Waals surface area (Å²) < 4.78 is 0. The van der Waals surface area contributed by atoms with E-state index >= 15 is 0 Å². The van der Waals surface area contributed by atoms with E-state index < -0.39 is 36.0 Å². The van der Waals surface area contributed by atoms with Crippen LogP contribution in [0.25, 0.3) is 0 Å². The molecule has 4 unspecified atom stereocenters. The average Bonchev–Trinajstić information content (AvgIpc) is 2.29. The maximum atomic E-state index is 11.0. The molecule has 3 N–H and O–H groups in total. The molecule has 0 aliphatic heterocycles. The minimum atomic E-state index is -1.96. The van der Waals surface area contributed by atoms with Gasteiger partial charge in [-0.25, -0.2) is 0 Å². The highest BCUT2D eigenvalue weighted by Gasteiger charge is 2.40. The second kappa shape index (κ2) is 6.76. The maximum absolute atomic E-state index is 11.0. The highest BCUT2D eigenvalue weighted by molar-refractivity contribution is 5.83. The smallest absolute Gasteiger partial charge is 0.251 e. The van der Waals surface area contributed by atoms with E-state index in [4.69, 9.17) is 0 Å². The molecular formula is C8H13N3O6. The summed E-state index contributed by atoms with van der Waals surface area (Å²) in [5, 5.41) is 25.6. The Kier molecular flexibility index (Phi) is 6.07. The summed E-state index contributed by atoms with van der Waals surface area (Å²) in [5.41, 5.74) is 0. The van der Waals surface area contributed by atoms with Crippen LogP contribution in [0.3, 0.4) is 0 Å². The molecule has 96 valence electrons. The lowest BCUT2D eigenvalue weighted by molar-refractivity contribution is -0.133. The van der Waals surface area contributed by atoms with E-state index in [1.165, 1.54) is 7.05 Å². The van der Waals surface area contributed by atoms with E-state index in [1.807, 2.05) is 5.32 Å². The van der Waals surface area contributed by atoms with Gasteiger partial charge in [-0.15, -0.1) is 4.91 Å². The van der Waals surface area contributed by atoms with Crippen LogP contribution >= 0.6 is 0 Å². The number of hydrogen-bond acceptors (Lipinski definition) is 8. The number of ketones is 1. The second-order valence-corrected chi connectivity index (χ2v) is 3.31. The molecule has 0 spiro atoms. The number of aliphatic hydroxyl groups excluding tert-OH is 2. The molecule has 9 heteroatoms. The van der Waals surface area contributed by atoms with Crippen molar-refractivity contribution in [1.82, 2.24) is 5.32 Å². The molecule has 0 bridgehead atoms. The molecule has 0 aromatic carbocycles. The lowest BCUT2D eigenvalue weighted by Gasteiger charge is -2.22. The number of nitrogens with zero attached hydrogens (tertiary/aromatic N) is 2. The van der Waals surface area contributed by atoms with Gasteiger partial charge in [0, 0.05) is 7.05 Å². The predicted molar refractivity (Wildman–Crippen MR) is 55.9 cm³/mol. The summed E-state index contributed by atoms with van der Waals surface area (Å²) in [5.74, 6) is -1.77. The van der Waals surface area contributed by atoms with E-state index in [-0.39, 0.29) is 0 Å². The Morgan fingerprint density at radius 1 is 1.18 bits per heavy atom. The Morgan fingerprint density at radius 2 is 1.71 bits per heavy atom. The Hall–Kier alpha value is -1.74. The lowest BCUT2D eigenvalue weighted by Crippen LogP contribution is -2.50. The summed E-state index contributed by atoms with van der Waals surface area (Å²) in [6, 6.07) is -3.60. The normalized spacial score (nSPS) is 17.4. The van der Waals surface area contributed by atoms with Crippen molar-refractivity contribution in [2.45, 2.75) is 31.2 Å². The lowest BCUT2D eigenvalue weighted by atomic mass is 9.97. The van der Waals surface area contributed by atoms with Crippen molar-refractivity contribution in [1.29, 1.82) is 0 Å². The van der Waals surface area contributed by atoms with Gasteiger partial charge in [0.1, 0.15) is 6.10 Å². The van der Waals surface area contributed by atoms with E-state index in [9.17, 15) is 29.6 Å². The van der Waals surface area contributed by atoms with Crippen LogP contribution in [0.5, 0.6) is 0 Å². The summed E-state index contributed by atoms with van der Waals surface area (Å²) in [4.78, 5) is 42.7. The van der Waals surface area contributed by atoms with Crippen molar-refractivity contribution in [3.05, 3.63) is 9.81 Å². The molecule has 0 aliphatic carbocycles. The van der Waals surface area contributed by atoms with Gasteiger partial charge in [0.15, 0.2) is 24.0 Å². The van der Waals surface area contributed by atoms with Gasteiger partial charge in [0.25, 0.3) is 5.91 Å². The Bertz CT molecular complexity index is 320. The van der Waals surface area contributed by atoms with Crippen molar-refractivity contribution >= 4 is 11.7 Å². The molecule has 0 radical (unpaired) electrons. The largest absolute Gasteiger partial charge is 0.388 e. The molecule has 0 aliphatic rings. The Labute approximate surface area is 96.1 Å². The van der Waals surface area contributed by atoms with Crippen LogP contribution in [0.2, 0.25) is 0 Å². The molecule has 4 atom stereocenters. The topological polar surface area (TPSA) is 145 Å². The molecule has 0 aromatic heterocycles. The summed E-state index contributed by atoms with van der Waals surface area (Å²) in [7, 11) is 1.19. The average molecular weight is 247 g/mol. The van der Waals surface area contributed by atoms with Gasteiger partial charge in [-0.3, -0.25) is 9.59 Å². The molecule has 0 heterocycles. The molecule has 9 nitrogen and oxygen atoms in total. The first-order valence-electron chi connectivity index (χ1n) is 4.63. The van der Waals surface area contributed by atoms with Gasteiger partial charge in [-0.2, -0.15) is 4.91 Å². The number of likely N-dealkylation sites (N-methyl/N-ethyl adjacent to an activating group) is 1. The zero-order valence-corrected chi connectivity index (χ0v) is 9.23. The van der Waals surface area contributed by atoms with Crippen LogP contribution in [-0.2, 0) is 9.59 Å². The first-order chi connectivity index (χ1) is 7.90. The number of rotatable bonds is 7. The van der Waals surface area contributed by atoms with Gasteiger partial charge in [0.05, 0.1) is 0 Å². The SMILES string of the molecule is CNC(=O)C(O)C(N=O)C(O)C(N=O)C(C)=O. The third-order valence-electron chi connectivity index (χ3n) is 2.16. The fraction of sp³-hybridized carbons (Fsp3) is 0.750. The number of carbonyl (C=O) groups excluding carboxylic acids is 2. The van der Waals surface area contributed by atoms with Crippen molar-refractivity contribution in [3.8, 4) is 0 Å². The Morgan fingerprint density at radius 3 is 2.00 bits per heavy atom. The number of nitrogens with one attached hydrogen (secondary N) is 1. The van der Waals surface area contributed by atoms with Gasteiger partial charge >= 0.3 is 0 Å². The van der Waals surface area contributed by atoms with Crippen LogP contribution in [0.4, 0.5) is 0 Å². The van der Waals surface area contributed by atoms with Crippen LogP contribution in [0.1, 0.15) is 6.92 Å². The van der Waals surface area contributed by atoms with Crippen molar-refractivity contribution in [2.24, 2.45) is 10.4 Å². The maximum Gasteiger partial charge on any atom is 0.251 e. The number of nitroso groups, excluding NO2 is 2. The zero-order chi connectivity index (χ0) is 13.6. The third-order valence-corrected chi connectivity index (χ3v) is 2.16. The highest BCUT2D eigenvalue weighted by Crippen LogP contribution is 2.12. The highest BCUT2D eigenvalue weighted by atomic mass is 16.3. The molecular weight excluding hydrogens is 234 g/mol. The molecule has 0 saturated carbocycles. The molecule has 0 rings (SSSR count). The number of hydrogen-bond donors (Lipinski definition) is 3. The molecule has 1 amide bonds. The minimum absolute atomic E-state index is 0.801. The van der Waals surface area contributed by atoms with Crippen LogP contribution in [0.15, 0.2) is 10.4 Å². The van der Waals surface area contributed by atoms with Crippen LogP contribution in [-0.4, -0.2) is 53.2 Å². The monoisotopic (exact) mass is 247 g/mol. The minimum Gasteiger partial charge on any atom is -0.388 e. The van der Waals surface area contributed by atoms with Crippen molar-refractivity contribution < 1.29 is 19.8 Å². The zero-order valence-electron chi connectivity index (χ0n) is 9.23. The standard InChI is InChI=1S/C8H13N3O6/c1-3(12)4(10-16)6(13)5(11-17)7(14)8(15)9-2/h4-7,13-14H,1-2H3,(H,9,15). The summed E-state index contributed by atoms with van der Waals surface area (Å²) in [6.45, 7) is 0.976. The van der Waals surface area contributed by atoms with E-state index in [0.717, 1.165) is 6.92 Å². The van der Waals surface area contributed by atoms with Crippen molar-refractivity contribution in [3.63, 3.8) is 0 Å². The Balaban J connectivity index is 4.98. The van der Waals surface area contributed by atoms with E-state index in [1.54, 1.807) is 0 Å². The summed E-state index contributed by atoms with van der Waals surface area (Å²) >= 11 is 0. The van der Waals surface area contributed by atoms with E-state index in [2.05, 4.69) is 10.4 Å². The fourth-order valence-corrected chi connectivity index (χ4v) is 1.17. The first-order valence-corrected chi connectivity index (χ1v) is 4.63. The van der Waals surface area contributed by atoms with Gasteiger partial charge in [0.2, 0.25) is 0 Å². The second-order valence-electron chi connectivity index (χ2n) is 3.31. The molecule has 0 aromatic rings. The number of Topliss-reactive ketones (excluding diaryl/α,β-unsaturated/α-hetero) is 1. The van der Waals surface area contributed by atoms with E-state index in [0.29, 0.717) is 0 Å². The number of carbonyl (C=O) groups is 2. The number of aliphatic hydroxyl groups is 2. The van der Waals surface area contributed by atoms with Crippen LogP contribution in [0, 0.1) is 9.81 Å². The molecule has 0 fully saturated rings. The summed E-state index contributed by atoms with van der Waals surface area (Å²) in [6.07, 6.45) is -3.91. The van der Waals surface area contributed by atoms with Crippen molar-refractivity contribution in [2.75, 3.05) is 7.05 Å². The quantitative estimate of drug-likeness (QED) is 0.457. The van der Waals surface area contributed by atoms with Gasteiger partial charge in [-0.05, 0) is 6.92 Å². The molecule has 0 saturated heterocycles. The first kappa shape index (κ1) is 15.3. The fourth-order valence-electron chi connectivity index (χ4n) is 1.17. The molecule has 17 heavy (non-hydrogen) atoms. The number of amides is 1.